The Bertz CT molecular complexity index is 287. The summed E-state index contributed by atoms with van der Waals surface area (Å²) in [6.07, 6.45) is 2.34. The lowest BCUT2D eigenvalue weighted by atomic mass is 10.2. The number of nitrogens with one attached hydrogen (secondary N) is 1. The molecule has 2 N–H and O–H groups in total. The predicted molar refractivity (Wildman–Crippen MR) is 57.3 cm³/mol. The molecule has 0 unspecified atom stereocenters. The van der Waals surface area contributed by atoms with Gasteiger partial charge >= 0.3 is 0 Å². The lowest BCUT2D eigenvalue weighted by Gasteiger charge is -2.06. The molecule has 0 saturated heterocycles. The standard InChI is InChI=1S/C11H18N2O/c1-3-4-7-12-8-10-11(14)6-5-9(2)13-10/h5-6,12,14H,3-4,7-8H2,1-2H3. The Labute approximate surface area is 85.2 Å². The Kier molecular flexibility index (Phi) is 4.40. The molecule has 0 aliphatic rings. The van der Waals surface area contributed by atoms with Gasteiger partial charge in [-0.1, -0.05) is 13.3 Å². The lowest BCUT2D eigenvalue weighted by molar-refractivity contribution is 0.458. The van der Waals surface area contributed by atoms with Crippen molar-refractivity contribution in [2.75, 3.05) is 6.54 Å². The van der Waals surface area contributed by atoms with Crippen LogP contribution in [0.2, 0.25) is 0 Å². The molecule has 0 fully saturated rings. The summed E-state index contributed by atoms with van der Waals surface area (Å²) in [4.78, 5) is 4.26. The zero-order valence-electron chi connectivity index (χ0n) is 8.88. The Morgan fingerprint density at radius 1 is 1.43 bits per heavy atom. The Morgan fingerprint density at radius 2 is 2.21 bits per heavy atom. The summed E-state index contributed by atoms with van der Waals surface area (Å²) in [5.74, 6) is 0.277. The maximum atomic E-state index is 9.49. The van der Waals surface area contributed by atoms with Crippen molar-refractivity contribution in [1.82, 2.24) is 10.3 Å². The molecule has 1 rings (SSSR count). The summed E-state index contributed by atoms with van der Waals surface area (Å²) in [7, 11) is 0. The average molecular weight is 194 g/mol. The van der Waals surface area contributed by atoms with E-state index < -0.39 is 0 Å². The molecule has 0 spiro atoms. The first-order valence-electron chi connectivity index (χ1n) is 5.10. The quantitative estimate of drug-likeness (QED) is 0.704. The van der Waals surface area contributed by atoms with E-state index in [0.29, 0.717) is 6.54 Å². The molecule has 0 bridgehead atoms. The second kappa shape index (κ2) is 5.60. The smallest absolute Gasteiger partial charge is 0.138 e. The van der Waals surface area contributed by atoms with Gasteiger partial charge in [-0.3, -0.25) is 4.98 Å². The molecule has 0 atom stereocenters. The second-order valence-corrected chi connectivity index (χ2v) is 3.45. The van der Waals surface area contributed by atoms with Crippen LogP contribution in [0, 0.1) is 6.92 Å². The van der Waals surface area contributed by atoms with E-state index in [2.05, 4.69) is 17.2 Å². The Morgan fingerprint density at radius 3 is 2.93 bits per heavy atom. The highest BCUT2D eigenvalue weighted by molar-refractivity contribution is 5.27. The molecule has 1 aromatic rings. The van der Waals surface area contributed by atoms with Crippen LogP contribution in [-0.4, -0.2) is 16.6 Å². The summed E-state index contributed by atoms with van der Waals surface area (Å²) < 4.78 is 0. The van der Waals surface area contributed by atoms with Crippen LogP contribution in [0.5, 0.6) is 5.75 Å². The van der Waals surface area contributed by atoms with E-state index in [9.17, 15) is 5.11 Å². The fraction of sp³-hybridized carbons (Fsp3) is 0.545. The summed E-state index contributed by atoms with van der Waals surface area (Å²) in [5.41, 5.74) is 1.68. The number of pyridine rings is 1. The highest BCUT2D eigenvalue weighted by Crippen LogP contribution is 2.13. The molecule has 3 nitrogen and oxygen atoms in total. The topological polar surface area (TPSA) is 45.2 Å². The van der Waals surface area contributed by atoms with Gasteiger partial charge in [0.15, 0.2) is 0 Å². The lowest BCUT2D eigenvalue weighted by Crippen LogP contribution is -2.15. The third-order valence-electron chi connectivity index (χ3n) is 2.09. The van der Waals surface area contributed by atoms with Crippen LogP contribution in [0.3, 0.4) is 0 Å². The van der Waals surface area contributed by atoms with Crippen LogP contribution in [0.1, 0.15) is 31.2 Å². The van der Waals surface area contributed by atoms with Crippen molar-refractivity contribution in [3.05, 3.63) is 23.5 Å². The predicted octanol–water partition coefficient (Wildman–Crippen LogP) is 1.99. The minimum Gasteiger partial charge on any atom is -0.506 e. The van der Waals surface area contributed by atoms with Gasteiger partial charge in [0.2, 0.25) is 0 Å². The van der Waals surface area contributed by atoms with Crippen LogP contribution in [0.4, 0.5) is 0 Å². The highest BCUT2D eigenvalue weighted by Gasteiger charge is 2.01. The van der Waals surface area contributed by atoms with Gasteiger partial charge in [-0.05, 0) is 32.0 Å². The van der Waals surface area contributed by atoms with Gasteiger partial charge in [0, 0.05) is 12.2 Å². The first-order valence-corrected chi connectivity index (χ1v) is 5.10. The van der Waals surface area contributed by atoms with Crippen molar-refractivity contribution in [2.45, 2.75) is 33.2 Å². The molecule has 0 saturated carbocycles. The monoisotopic (exact) mass is 194 g/mol. The number of aromatic hydroxyl groups is 1. The molecule has 0 radical (unpaired) electrons. The summed E-state index contributed by atoms with van der Waals surface area (Å²) in [6, 6.07) is 3.50. The average Bonchev–Trinajstić information content (AvgIpc) is 2.18. The third kappa shape index (κ3) is 3.34. The van der Waals surface area contributed by atoms with E-state index in [0.717, 1.165) is 24.4 Å². The number of unbranched alkanes of at least 4 members (excludes halogenated alkanes) is 1. The number of hydrogen-bond donors (Lipinski definition) is 2. The minimum absolute atomic E-state index is 0.277. The van der Waals surface area contributed by atoms with E-state index in [4.69, 9.17) is 0 Å². The van der Waals surface area contributed by atoms with Crippen molar-refractivity contribution in [1.29, 1.82) is 0 Å². The molecule has 0 aliphatic heterocycles. The van der Waals surface area contributed by atoms with Gasteiger partial charge < -0.3 is 10.4 Å². The van der Waals surface area contributed by atoms with Gasteiger partial charge in [0.05, 0.1) is 5.69 Å². The van der Waals surface area contributed by atoms with Gasteiger partial charge in [-0.15, -0.1) is 0 Å². The maximum Gasteiger partial charge on any atom is 0.138 e. The van der Waals surface area contributed by atoms with E-state index in [1.54, 1.807) is 6.07 Å². The molecule has 0 amide bonds. The van der Waals surface area contributed by atoms with Crippen LogP contribution in [0.25, 0.3) is 0 Å². The van der Waals surface area contributed by atoms with Gasteiger partial charge in [-0.25, -0.2) is 0 Å². The molecule has 3 heteroatoms. The third-order valence-corrected chi connectivity index (χ3v) is 2.09. The first-order chi connectivity index (χ1) is 6.74. The molecular formula is C11H18N2O. The minimum atomic E-state index is 0.277. The first kappa shape index (κ1) is 11.0. The number of rotatable bonds is 5. The molecule has 1 aromatic heterocycles. The van der Waals surface area contributed by atoms with E-state index in [1.165, 1.54) is 6.42 Å². The van der Waals surface area contributed by atoms with Crippen molar-refractivity contribution in [2.24, 2.45) is 0 Å². The molecule has 14 heavy (non-hydrogen) atoms. The van der Waals surface area contributed by atoms with Crippen LogP contribution >= 0.6 is 0 Å². The molecular weight excluding hydrogens is 176 g/mol. The van der Waals surface area contributed by atoms with E-state index >= 15 is 0 Å². The molecule has 1 heterocycles. The van der Waals surface area contributed by atoms with E-state index in [1.807, 2.05) is 13.0 Å². The Hall–Kier alpha value is -1.09. The Balaban J connectivity index is 2.45. The second-order valence-electron chi connectivity index (χ2n) is 3.45. The SMILES string of the molecule is CCCCNCc1nc(C)ccc1O. The zero-order chi connectivity index (χ0) is 10.4. The van der Waals surface area contributed by atoms with Crippen molar-refractivity contribution >= 4 is 0 Å². The maximum absolute atomic E-state index is 9.49. The van der Waals surface area contributed by atoms with Crippen molar-refractivity contribution in [3.8, 4) is 5.75 Å². The molecule has 0 aliphatic carbocycles. The number of aromatic nitrogens is 1. The van der Waals surface area contributed by atoms with Gasteiger partial charge in [-0.2, -0.15) is 0 Å². The number of hydrogen-bond acceptors (Lipinski definition) is 3. The summed E-state index contributed by atoms with van der Waals surface area (Å²) in [5, 5.41) is 12.7. The van der Waals surface area contributed by atoms with Crippen LogP contribution < -0.4 is 5.32 Å². The van der Waals surface area contributed by atoms with Crippen molar-refractivity contribution < 1.29 is 5.11 Å². The molecule has 78 valence electrons. The van der Waals surface area contributed by atoms with Gasteiger partial charge in [0.1, 0.15) is 5.75 Å². The number of aryl methyl sites for hydroxylation is 1. The highest BCUT2D eigenvalue weighted by atomic mass is 16.3. The fourth-order valence-corrected chi connectivity index (χ4v) is 1.24. The van der Waals surface area contributed by atoms with Crippen molar-refractivity contribution in [3.63, 3.8) is 0 Å². The number of nitrogens with zero attached hydrogens (tertiary/aromatic N) is 1. The summed E-state index contributed by atoms with van der Waals surface area (Å²) in [6.45, 7) is 5.71. The molecule has 0 aromatic carbocycles. The van der Waals surface area contributed by atoms with E-state index in [-0.39, 0.29) is 5.75 Å². The fourth-order valence-electron chi connectivity index (χ4n) is 1.24. The summed E-state index contributed by atoms with van der Waals surface area (Å²) >= 11 is 0. The van der Waals surface area contributed by atoms with Gasteiger partial charge in [0.25, 0.3) is 0 Å². The normalized spacial score (nSPS) is 10.4. The van der Waals surface area contributed by atoms with Crippen LogP contribution in [-0.2, 0) is 6.54 Å². The van der Waals surface area contributed by atoms with Crippen LogP contribution in [0.15, 0.2) is 12.1 Å². The zero-order valence-corrected chi connectivity index (χ0v) is 8.88. The largest absolute Gasteiger partial charge is 0.506 e.